The van der Waals surface area contributed by atoms with Crippen molar-refractivity contribution >= 4 is 17.3 Å². The van der Waals surface area contributed by atoms with Crippen molar-refractivity contribution in [2.75, 3.05) is 26.2 Å². The van der Waals surface area contributed by atoms with Gasteiger partial charge in [-0.05, 0) is 13.8 Å². The number of hydrogen-bond donors (Lipinski definition) is 1. The van der Waals surface area contributed by atoms with E-state index in [2.05, 4.69) is 0 Å². The van der Waals surface area contributed by atoms with Crippen molar-refractivity contribution in [1.29, 1.82) is 0 Å². The number of carbonyl (C=O) groups is 1. The van der Waals surface area contributed by atoms with E-state index < -0.39 is 16.4 Å². The van der Waals surface area contributed by atoms with E-state index in [1.165, 1.54) is 52.1 Å². The molecule has 8 heteroatoms. The van der Waals surface area contributed by atoms with Crippen molar-refractivity contribution in [2.45, 2.75) is 19.4 Å². The number of methoxy groups -OCH3 is 2. The Labute approximate surface area is 122 Å². The zero-order valence-electron chi connectivity index (χ0n) is 12.5. The Morgan fingerprint density at radius 1 is 1.29 bits per heavy atom. The third-order valence-corrected chi connectivity index (χ3v) is 3.40. The summed E-state index contributed by atoms with van der Waals surface area (Å²) < 4.78 is 10.1. The summed E-state index contributed by atoms with van der Waals surface area (Å²) in [6.07, 6.45) is 0. The van der Waals surface area contributed by atoms with Crippen LogP contribution in [0, 0.1) is 10.1 Å². The van der Waals surface area contributed by atoms with E-state index in [9.17, 15) is 20.0 Å². The summed E-state index contributed by atoms with van der Waals surface area (Å²) in [4.78, 5) is 23.3. The van der Waals surface area contributed by atoms with Gasteiger partial charge in [0.1, 0.15) is 11.2 Å². The number of carboxylic acids is 1. The maximum absolute atomic E-state index is 11.3. The Morgan fingerprint density at radius 3 is 2.14 bits per heavy atom. The van der Waals surface area contributed by atoms with Crippen LogP contribution in [0.3, 0.4) is 0 Å². The number of likely N-dealkylation sites (N-methyl/N-ethyl adjacent to an activating group) is 1. The molecule has 0 fully saturated rings. The predicted molar refractivity (Wildman–Crippen MR) is 76.3 cm³/mol. The predicted octanol–water partition coefficient (Wildman–Crippen LogP) is 1.91. The Morgan fingerprint density at radius 2 is 1.76 bits per heavy atom. The first-order valence-electron chi connectivity index (χ1n) is 6.04. The summed E-state index contributed by atoms with van der Waals surface area (Å²) in [6, 6.07) is 2.60. The second-order valence-corrected chi connectivity index (χ2v) is 4.88. The number of aliphatic carboxylic acids is 1. The van der Waals surface area contributed by atoms with Gasteiger partial charge in [-0.2, -0.15) is 0 Å². The summed E-state index contributed by atoms with van der Waals surface area (Å²) in [7, 11) is 4.24. The van der Waals surface area contributed by atoms with Crippen LogP contribution in [-0.4, -0.2) is 42.8 Å². The van der Waals surface area contributed by atoms with Crippen LogP contribution < -0.4 is 14.4 Å². The second kappa shape index (κ2) is 5.86. The molecule has 1 N–H and O–H groups in total. The number of nitrogens with zero attached hydrogens (tertiary/aromatic N) is 2. The van der Waals surface area contributed by atoms with Gasteiger partial charge < -0.3 is 19.5 Å². The molecule has 0 bridgehead atoms. The van der Waals surface area contributed by atoms with Crippen LogP contribution in [0.2, 0.25) is 0 Å². The molecule has 0 radical (unpaired) electrons. The molecule has 0 heterocycles. The molecule has 0 unspecified atom stereocenters. The average molecular weight is 298 g/mol. The lowest BCUT2D eigenvalue weighted by atomic mass is 10.0. The molecule has 0 aliphatic heterocycles. The zero-order valence-corrected chi connectivity index (χ0v) is 12.5. The Kier molecular flexibility index (Phi) is 4.62. The van der Waals surface area contributed by atoms with Gasteiger partial charge in [-0.1, -0.05) is 0 Å². The highest BCUT2D eigenvalue weighted by molar-refractivity contribution is 5.84. The SMILES string of the molecule is COc1cc(N(C)C(C)(C)C(=O)O)c([N+](=O)[O-])cc1OC. The quantitative estimate of drug-likeness (QED) is 0.632. The molecule has 1 aromatic rings. The van der Waals surface area contributed by atoms with E-state index in [0.29, 0.717) is 0 Å². The Hall–Kier alpha value is -2.51. The average Bonchev–Trinajstić information content (AvgIpc) is 2.44. The fraction of sp³-hybridized carbons (Fsp3) is 0.462. The van der Waals surface area contributed by atoms with E-state index in [1.54, 1.807) is 0 Å². The number of benzene rings is 1. The van der Waals surface area contributed by atoms with Crippen molar-refractivity contribution in [3.63, 3.8) is 0 Å². The third kappa shape index (κ3) is 2.99. The maximum atomic E-state index is 11.3. The van der Waals surface area contributed by atoms with Crippen molar-refractivity contribution in [3.8, 4) is 11.5 Å². The molecular formula is C13H18N2O6. The zero-order chi connectivity index (χ0) is 16.4. The Balaban J connectivity index is 3.53. The van der Waals surface area contributed by atoms with Gasteiger partial charge >= 0.3 is 5.97 Å². The number of anilines is 1. The van der Waals surface area contributed by atoms with Crippen molar-refractivity contribution < 1.29 is 24.3 Å². The molecule has 0 saturated carbocycles. The van der Waals surface area contributed by atoms with Gasteiger partial charge in [0.2, 0.25) is 0 Å². The summed E-state index contributed by atoms with van der Waals surface area (Å²) in [5.74, 6) is -0.616. The number of ether oxygens (including phenoxy) is 2. The van der Waals surface area contributed by atoms with Crippen molar-refractivity contribution in [1.82, 2.24) is 0 Å². The van der Waals surface area contributed by atoms with Gasteiger partial charge in [0.15, 0.2) is 11.5 Å². The highest BCUT2D eigenvalue weighted by Gasteiger charge is 2.36. The lowest BCUT2D eigenvalue weighted by Gasteiger charge is -2.33. The normalized spacial score (nSPS) is 10.9. The van der Waals surface area contributed by atoms with E-state index in [4.69, 9.17) is 9.47 Å². The maximum Gasteiger partial charge on any atom is 0.328 e. The fourth-order valence-electron chi connectivity index (χ4n) is 1.72. The highest BCUT2D eigenvalue weighted by atomic mass is 16.6. The van der Waals surface area contributed by atoms with E-state index in [-0.39, 0.29) is 22.9 Å². The molecule has 0 amide bonds. The molecule has 1 aromatic carbocycles. The minimum Gasteiger partial charge on any atom is -0.493 e. The van der Waals surface area contributed by atoms with Crippen LogP contribution in [0.5, 0.6) is 11.5 Å². The second-order valence-electron chi connectivity index (χ2n) is 4.88. The van der Waals surface area contributed by atoms with Gasteiger partial charge in [-0.25, -0.2) is 4.79 Å². The number of rotatable bonds is 6. The molecule has 116 valence electrons. The van der Waals surface area contributed by atoms with Crippen molar-refractivity contribution in [3.05, 3.63) is 22.2 Å². The standard InChI is InChI=1S/C13H18N2O6/c1-13(2,12(16)17)14(3)8-6-10(20-4)11(21-5)7-9(8)15(18)19/h6-7H,1-5H3,(H,16,17). The van der Waals surface area contributed by atoms with Crippen LogP contribution in [0.25, 0.3) is 0 Å². The molecule has 21 heavy (non-hydrogen) atoms. The monoisotopic (exact) mass is 298 g/mol. The lowest BCUT2D eigenvalue weighted by molar-refractivity contribution is -0.384. The molecule has 0 saturated heterocycles. The number of nitro groups is 1. The summed E-state index contributed by atoms with van der Waals surface area (Å²) in [5, 5.41) is 20.5. The van der Waals surface area contributed by atoms with Gasteiger partial charge in [0, 0.05) is 13.1 Å². The molecule has 8 nitrogen and oxygen atoms in total. The molecule has 0 atom stereocenters. The topological polar surface area (TPSA) is 102 Å². The largest absolute Gasteiger partial charge is 0.493 e. The van der Waals surface area contributed by atoms with Gasteiger partial charge in [-0.15, -0.1) is 0 Å². The Bertz CT molecular complexity index is 570. The van der Waals surface area contributed by atoms with Crippen LogP contribution in [-0.2, 0) is 4.79 Å². The van der Waals surface area contributed by atoms with Crippen LogP contribution in [0.4, 0.5) is 11.4 Å². The summed E-state index contributed by atoms with van der Waals surface area (Å²) in [5.41, 5.74) is -1.46. The first-order chi connectivity index (χ1) is 9.66. The van der Waals surface area contributed by atoms with Crippen LogP contribution >= 0.6 is 0 Å². The molecule has 0 aromatic heterocycles. The van der Waals surface area contributed by atoms with Crippen LogP contribution in [0.1, 0.15) is 13.8 Å². The van der Waals surface area contributed by atoms with Gasteiger partial charge in [0.25, 0.3) is 5.69 Å². The smallest absolute Gasteiger partial charge is 0.328 e. The van der Waals surface area contributed by atoms with Gasteiger partial charge in [0.05, 0.1) is 25.2 Å². The van der Waals surface area contributed by atoms with E-state index >= 15 is 0 Å². The molecule has 0 aliphatic carbocycles. The molecule has 0 aliphatic rings. The first kappa shape index (κ1) is 16.5. The fourth-order valence-corrected chi connectivity index (χ4v) is 1.72. The van der Waals surface area contributed by atoms with Crippen molar-refractivity contribution in [2.24, 2.45) is 0 Å². The number of hydrogen-bond acceptors (Lipinski definition) is 6. The van der Waals surface area contributed by atoms with Gasteiger partial charge in [-0.3, -0.25) is 10.1 Å². The molecular weight excluding hydrogens is 280 g/mol. The first-order valence-corrected chi connectivity index (χ1v) is 6.04. The molecule has 0 spiro atoms. The summed E-state index contributed by atoms with van der Waals surface area (Å²) >= 11 is 0. The van der Waals surface area contributed by atoms with E-state index in [1.807, 2.05) is 0 Å². The number of nitro benzene ring substituents is 1. The van der Waals surface area contributed by atoms with Crippen LogP contribution in [0.15, 0.2) is 12.1 Å². The minimum absolute atomic E-state index is 0.130. The summed E-state index contributed by atoms with van der Waals surface area (Å²) in [6.45, 7) is 2.91. The molecule has 1 rings (SSSR count). The number of carboxylic acid groups (broad SMARTS) is 1. The minimum atomic E-state index is -1.33. The van der Waals surface area contributed by atoms with E-state index in [0.717, 1.165) is 0 Å². The lowest BCUT2D eigenvalue weighted by Crippen LogP contribution is -2.48. The third-order valence-electron chi connectivity index (χ3n) is 3.40. The highest BCUT2D eigenvalue weighted by Crippen LogP contribution is 2.41.